The maximum Gasteiger partial charge on any atom is 0.150 e. The van der Waals surface area contributed by atoms with Crippen LogP contribution in [0.15, 0.2) is 11.8 Å². The van der Waals surface area contributed by atoms with Gasteiger partial charge < -0.3 is 18.9 Å². The third kappa shape index (κ3) is 3.44. The number of ether oxygens (including phenoxy) is 4. The van der Waals surface area contributed by atoms with Crippen molar-refractivity contribution in [1.29, 1.82) is 0 Å². The normalized spacial score (nSPS) is 29.8. The lowest BCUT2D eigenvalue weighted by molar-refractivity contribution is -0.129. The van der Waals surface area contributed by atoms with Gasteiger partial charge in [-0.1, -0.05) is 20.8 Å². The van der Waals surface area contributed by atoms with Gasteiger partial charge in [-0.25, -0.2) is 0 Å². The third-order valence-electron chi connectivity index (χ3n) is 2.90. The fourth-order valence-corrected chi connectivity index (χ4v) is 1.93. The van der Waals surface area contributed by atoms with E-state index in [1.54, 1.807) is 21.3 Å². The Balaban J connectivity index is 2.94. The largest absolute Gasteiger partial charge is 0.489 e. The summed E-state index contributed by atoms with van der Waals surface area (Å²) in [7, 11) is 5.01. The Morgan fingerprint density at radius 2 is 1.82 bits per heavy atom. The average molecular weight is 244 g/mol. The van der Waals surface area contributed by atoms with Crippen LogP contribution in [0.5, 0.6) is 0 Å². The van der Waals surface area contributed by atoms with Gasteiger partial charge in [0, 0.05) is 26.7 Å². The van der Waals surface area contributed by atoms with Crippen molar-refractivity contribution in [2.45, 2.75) is 39.1 Å². The second kappa shape index (κ2) is 5.85. The van der Waals surface area contributed by atoms with E-state index in [-0.39, 0.29) is 23.7 Å². The summed E-state index contributed by atoms with van der Waals surface area (Å²) >= 11 is 0. The van der Waals surface area contributed by atoms with Crippen molar-refractivity contribution in [3.05, 3.63) is 11.8 Å². The zero-order chi connectivity index (χ0) is 13.1. The highest BCUT2D eigenvalue weighted by molar-refractivity contribution is 5.13. The maximum atomic E-state index is 5.96. The molecule has 1 heterocycles. The first-order valence-electron chi connectivity index (χ1n) is 5.87. The molecule has 0 fully saturated rings. The van der Waals surface area contributed by atoms with Gasteiger partial charge in [-0.05, 0) is 6.08 Å². The molecule has 0 aromatic carbocycles. The third-order valence-corrected chi connectivity index (χ3v) is 2.90. The van der Waals surface area contributed by atoms with E-state index in [9.17, 15) is 0 Å². The van der Waals surface area contributed by atoms with E-state index in [2.05, 4.69) is 20.8 Å². The number of hydrogen-bond donors (Lipinski definition) is 0. The molecule has 0 aliphatic carbocycles. The van der Waals surface area contributed by atoms with Crippen LogP contribution in [0.25, 0.3) is 0 Å². The minimum absolute atomic E-state index is 0.0402. The lowest BCUT2D eigenvalue weighted by Gasteiger charge is -2.39. The van der Waals surface area contributed by atoms with Crippen molar-refractivity contribution in [2.24, 2.45) is 5.41 Å². The van der Waals surface area contributed by atoms with Gasteiger partial charge in [0.15, 0.2) is 6.10 Å². The van der Waals surface area contributed by atoms with E-state index < -0.39 is 0 Å². The quantitative estimate of drug-likeness (QED) is 0.758. The van der Waals surface area contributed by atoms with Gasteiger partial charge in [-0.2, -0.15) is 0 Å². The molecule has 0 aromatic heterocycles. The molecule has 100 valence electrons. The zero-order valence-corrected chi connectivity index (χ0v) is 11.6. The van der Waals surface area contributed by atoms with E-state index in [4.69, 9.17) is 18.9 Å². The summed E-state index contributed by atoms with van der Waals surface area (Å²) in [6.45, 7) is 6.83. The molecule has 0 saturated heterocycles. The molecule has 1 rings (SSSR count). The predicted octanol–water partition coefficient (Wildman–Crippen LogP) is 1.99. The van der Waals surface area contributed by atoms with Crippen LogP contribution in [0.2, 0.25) is 0 Å². The van der Waals surface area contributed by atoms with Crippen LogP contribution in [0.3, 0.4) is 0 Å². The highest BCUT2D eigenvalue weighted by Gasteiger charge is 2.38. The number of hydrogen-bond acceptors (Lipinski definition) is 4. The van der Waals surface area contributed by atoms with Crippen molar-refractivity contribution in [3.63, 3.8) is 0 Å². The van der Waals surface area contributed by atoms with Crippen molar-refractivity contribution in [3.8, 4) is 0 Å². The van der Waals surface area contributed by atoms with Gasteiger partial charge in [0.25, 0.3) is 0 Å². The second-order valence-electron chi connectivity index (χ2n) is 5.29. The van der Waals surface area contributed by atoms with Crippen LogP contribution in [-0.4, -0.2) is 46.2 Å². The Kier molecular flexibility index (Phi) is 4.98. The Labute approximate surface area is 104 Å². The highest BCUT2D eigenvalue weighted by atomic mass is 16.6. The minimum Gasteiger partial charge on any atom is -0.489 e. The number of rotatable bonds is 4. The van der Waals surface area contributed by atoms with Gasteiger partial charge in [-0.3, -0.25) is 0 Å². The molecule has 1 aliphatic heterocycles. The van der Waals surface area contributed by atoms with Crippen LogP contribution in [-0.2, 0) is 18.9 Å². The predicted molar refractivity (Wildman–Crippen MR) is 65.9 cm³/mol. The molecule has 0 bridgehead atoms. The Morgan fingerprint density at radius 3 is 2.24 bits per heavy atom. The molecule has 0 amide bonds. The van der Waals surface area contributed by atoms with E-state index in [1.807, 2.05) is 6.08 Å². The van der Waals surface area contributed by atoms with Crippen LogP contribution < -0.4 is 0 Å². The first-order valence-corrected chi connectivity index (χ1v) is 5.87. The van der Waals surface area contributed by atoms with Gasteiger partial charge in [0.2, 0.25) is 0 Å². The first-order chi connectivity index (χ1) is 7.93. The smallest absolute Gasteiger partial charge is 0.150 e. The van der Waals surface area contributed by atoms with Crippen LogP contribution in [0.1, 0.15) is 20.8 Å². The molecule has 4 nitrogen and oxygen atoms in total. The fraction of sp³-hybridized carbons (Fsp3) is 0.846. The zero-order valence-electron chi connectivity index (χ0n) is 11.6. The molecular weight excluding hydrogens is 220 g/mol. The van der Waals surface area contributed by atoms with Crippen LogP contribution >= 0.6 is 0 Å². The van der Waals surface area contributed by atoms with Gasteiger partial charge in [-0.15, -0.1) is 0 Å². The standard InChI is InChI=1S/C13H24O4/c1-13(2,3)11-7-9(15-5)12(16-6)10(17-11)8-14-4/h7,9-10,12H,8H2,1-6H3/t9-,10-,12+/m1/s1. The minimum atomic E-state index is -0.133. The number of allylic oxidation sites excluding steroid dienone is 1. The molecular formula is C13H24O4. The Hall–Kier alpha value is -0.580. The van der Waals surface area contributed by atoms with E-state index in [0.717, 1.165) is 5.76 Å². The monoisotopic (exact) mass is 244 g/mol. The van der Waals surface area contributed by atoms with Crippen molar-refractivity contribution < 1.29 is 18.9 Å². The SMILES string of the molecule is COC[C@H]1OC(C(C)(C)C)=C[C@@H](OC)[C@@H]1OC. The molecule has 0 unspecified atom stereocenters. The average Bonchev–Trinajstić information content (AvgIpc) is 2.27. The lowest BCUT2D eigenvalue weighted by Crippen LogP contribution is -2.47. The molecule has 0 saturated carbocycles. The van der Waals surface area contributed by atoms with E-state index >= 15 is 0 Å². The summed E-state index contributed by atoms with van der Waals surface area (Å²) in [5.41, 5.74) is -0.0402. The van der Waals surface area contributed by atoms with Crippen LogP contribution in [0, 0.1) is 5.41 Å². The molecule has 0 aromatic rings. The molecule has 1 aliphatic rings. The fourth-order valence-electron chi connectivity index (χ4n) is 1.93. The first kappa shape index (κ1) is 14.5. The lowest BCUT2D eigenvalue weighted by atomic mass is 9.89. The molecule has 0 spiro atoms. The van der Waals surface area contributed by atoms with Gasteiger partial charge in [0.05, 0.1) is 6.61 Å². The topological polar surface area (TPSA) is 36.9 Å². The summed E-state index contributed by atoms with van der Waals surface area (Å²) in [5.74, 6) is 0.930. The van der Waals surface area contributed by atoms with Crippen molar-refractivity contribution >= 4 is 0 Å². The summed E-state index contributed by atoms with van der Waals surface area (Å²) in [5, 5.41) is 0. The maximum absolute atomic E-state index is 5.96. The number of methoxy groups -OCH3 is 3. The molecule has 4 heteroatoms. The van der Waals surface area contributed by atoms with E-state index in [1.165, 1.54) is 0 Å². The Morgan fingerprint density at radius 1 is 1.18 bits per heavy atom. The molecule has 3 atom stereocenters. The molecule has 0 radical (unpaired) electrons. The molecule has 0 N–H and O–H groups in total. The summed E-state index contributed by atoms with van der Waals surface area (Å²) < 4.78 is 22.0. The molecule has 17 heavy (non-hydrogen) atoms. The van der Waals surface area contributed by atoms with Crippen molar-refractivity contribution in [2.75, 3.05) is 27.9 Å². The van der Waals surface area contributed by atoms with Gasteiger partial charge >= 0.3 is 0 Å². The summed E-state index contributed by atoms with van der Waals surface area (Å²) in [6, 6.07) is 0. The van der Waals surface area contributed by atoms with E-state index in [0.29, 0.717) is 6.61 Å². The van der Waals surface area contributed by atoms with Crippen molar-refractivity contribution in [1.82, 2.24) is 0 Å². The van der Waals surface area contributed by atoms with Crippen LogP contribution in [0.4, 0.5) is 0 Å². The van der Waals surface area contributed by atoms with Gasteiger partial charge in [0.1, 0.15) is 18.0 Å². The summed E-state index contributed by atoms with van der Waals surface area (Å²) in [6.07, 6.45) is 1.64. The second-order valence-corrected chi connectivity index (χ2v) is 5.29. The Bertz CT molecular complexity index is 267. The highest BCUT2D eigenvalue weighted by Crippen LogP contribution is 2.33. The summed E-state index contributed by atoms with van der Waals surface area (Å²) in [4.78, 5) is 0.